The number of alkyl halides is 1. The first kappa shape index (κ1) is 15.1. The molecule has 0 radical (unpaired) electrons. The fourth-order valence-corrected chi connectivity index (χ4v) is 3.57. The van der Waals surface area contributed by atoms with Crippen LogP contribution in [-0.4, -0.2) is 9.55 Å². The lowest BCUT2D eigenvalue weighted by Gasteiger charge is -2.42. The minimum atomic E-state index is -0.404. The molecule has 0 bridgehead atoms. The first-order chi connectivity index (χ1) is 9.96. The standard InChI is InChI=1S/C16H19Cl2FN2/c1-3-16(5-4-6-16)9-21-14-8-12(19)11(18)7-13(14)20-15(21)10(2)17/h7-8,10H,3-6,9H2,1-2H3. The van der Waals surface area contributed by atoms with Crippen molar-refractivity contribution in [2.24, 2.45) is 5.41 Å². The van der Waals surface area contributed by atoms with E-state index < -0.39 is 5.82 Å². The summed E-state index contributed by atoms with van der Waals surface area (Å²) in [6.45, 7) is 4.98. The van der Waals surface area contributed by atoms with Crippen LogP contribution in [-0.2, 0) is 6.54 Å². The molecule has 1 saturated carbocycles. The van der Waals surface area contributed by atoms with Crippen LogP contribution >= 0.6 is 23.2 Å². The maximum Gasteiger partial charge on any atom is 0.144 e. The summed E-state index contributed by atoms with van der Waals surface area (Å²) in [4.78, 5) is 4.57. The van der Waals surface area contributed by atoms with Crippen molar-refractivity contribution >= 4 is 34.2 Å². The first-order valence-electron chi connectivity index (χ1n) is 7.45. The van der Waals surface area contributed by atoms with Crippen molar-refractivity contribution in [2.75, 3.05) is 0 Å². The van der Waals surface area contributed by atoms with E-state index in [1.165, 1.54) is 25.3 Å². The van der Waals surface area contributed by atoms with Gasteiger partial charge in [0.05, 0.1) is 21.4 Å². The Morgan fingerprint density at radius 2 is 2.14 bits per heavy atom. The Balaban J connectivity index is 2.13. The van der Waals surface area contributed by atoms with Gasteiger partial charge < -0.3 is 4.57 Å². The molecule has 1 aliphatic rings. The number of benzene rings is 1. The van der Waals surface area contributed by atoms with Gasteiger partial charge in [-0.25, -0.2) is 9.37 Å². The number of halogens is 3. The van der Waals surface area contributed by atoms with Crippen LogP contribution in [0.4, 0.5) is 4.39 Å². The predicted molar refractivity (Wildman–Crippen MR) is 85.5 cm³/mol. The zero-order valence-electron chi connectivity index (χ0n) is 12.3. The monoisotopic (exact) mass is 328 g/mol. The van der Waals surface area contributed by atoms with Crippen molar-refractivity contribution < 1.29 is 4.39 Å². The van der Waals surface area contributed by atoms with E-state index in [0.29, 0.717) is 5.41 Å². The number of nitrogens with zero attached hydrogens (tertiary/aromatic N) is 2. The summed E-state index contributed by atoms with van der Waals surface area (Å²) in [5.74, 6) is 0.395. The Labute approximate surface area is 134 Å². The van der Waals surface area contributed by atoms with Gasteiger partial charge in [0.1, 0.15) is 11.6 Å². The molecule has 0 spiro atoms. The number of rotatable bonds is 4. The fraction of sp³-hybridized carbons (Fsp3) is 0.562. The van der Waals surface area contributed by atoms with E-state index in [1.54, 1.807) is 6.07 Å². The predicted octanol–water partition coefficient (Wildman–Crippen LogP) is 5.71. The van der Waals surface area contributed by atoms with Gasteiger partial charge in [0.25, 0.3) is 0 Å². The summed E-state index contributed by atoms with van der Waals surface area (Å²) in [7, 11) is 0. The van der Waals surface area contributed by atoms with Gasteiger partial charge in [-0.2, -0.15) is 0 Å². The fourth-order valence-electron chi connectivity index (χ4n) is 3.24. The zero-order valence-corrected chi connectivity index (χ0v) is 13.8. The van der Waals surface area contributed by atoms with Crippen LogP contribution in [0.15, 0.2) is 12.1 Å². The lowest BCUT2D eigenvalue weighted by Crippen LogP contribution is -2.34. The molecule has 1 aromatic carbocycles. The van der Waals surface area contributed by atoms with Gasteiger partial charge in [0.2, 0.25) is 0 Å². The summed E-state index contributed by atoms with van der Waals surface area (Å²) < 4.78 is 15.9. The highest BCUT2D eigenvalue weighted by Crippen LogP contribution is 2.46. The number of hydrogen-bond acceptors (Lipinski definition) is 1. The molecule has 114 valence electrons. The van der Waals surface area contributed by atoms with Gasteiger partial charge >= 0.3 is 0 Å². The molecular formula is C16H19Cl2FN2. The third-order valence-electron chi connectivity index (χ3n) is 4.83. The van der Waals surface area contributed by atoms with Crippen molar-refractivity contribution in [2.45, 2.75) is 51.5 Å². The molecule has 21 heavy (non-hydrogen) atoms. The van der Waals surface area contributed by atoms with Gasteiger partial charge in [0, 0.05) is 12.6 Å². The molecule has 0 aliphatic heterocycles. The number of hydrogen-bond donors (Lipinski definition) is 0. The van der Waals surface area contributed by atoms with E-state index in [0.717, 1.165) is 29.8 Å². The lowest BCUT2D eigenvalue weighted by atomic mass is 9.67. The Bertz CT molecular complexity index is 669. The smallest absolute Gasteiger partial charge is 0.144 e. The summed E-state index contributed by atoms with van der Waals surface area (Å²) in [6.07, 6.45) is 4.83. The maximum atomic E-state index is 13.8. The highest BCUT2D eigenvalue weighted by Gasteiger charge is 2.36. The van der Waals surface area contributed by atoms with Crippen molar-refractivity contribution in [1.82, 2.24) is 9.55 Å². The average Bonchev–Trinajstić information content (AvgIpc) is 2.73. The van der Waals surface area contributed by atoms with E-state index >= 15 is 0 Å². The third-order valence-corrected chi connectivity index (χ3v) is 5.32. The molecule has 0 N–H and O–H groups in total. The van der Waals surface area contributed by atoms with Crippen LogP contribution in [0.5, 0.6) is 0 Å². The molecule has 0 amide bonds. The third kappa shape index (κ3) is 2.55. The second-order valence-electron chi connectivity index (χ2n) is 6.13. The number of fused-ring (bicyclic) bond motifs is 1. The normalized spacial score (nSPS) is 18.7. The van der Waals surface area contributed by atoms with Crippen molar-refractivity contribution in [1.29, 1.82) is 0 Å². The molecule has 1 aromatic heterocycles. The van der Waals surface area contributed by atoms with Crippen molar-refractivity contribution in [3.05, 3.63) is 28.8 Å². The Morgan fingerprint density at radius 1 is 1.43 bits per heavy atom. The van der Waals surface area contributed by atoms with Crippen LogP contribution in [0.2, 0.25) is 5.02 Å². The quantitative estimate of drug-likeness (QED) is 0.657. The van der Waals surface area contributed by atoms with Crippen LogP contribution < -0.4 is 0 Å². The van der Waals surface area contributed by atoms with Crippen molar-refractivity contribution in [3.8, 4) is 0 Å². The second-order valence-corrected chi connectivity index (χ2v) is 7.20. The van der Waals surface area contributed by atoms with Gasteiger partial charge in [-0.15, -0.1) is 11.6 Å². The maximum absolute atomic E-state index is 13.8. The summed E-state index contributed by atoms with van der Waals surface area (Å²) in [5, 5.41) is -0.108. The molecule has 3 rings (SSSR count). The number of aromatic nitrogens is 2. The van der Waals surface area contributed by atoms with Gasteiger partial charge in [-0.05, 0) is 37.7 Å². The highest BCUT2D eigenvalue weighted by atomic mass is 35.5. The van der Waals surface area contributed by atoms with E-state index in [4.69, 9.17) is 23.2 Å². The van der Waals surface area contributed by atoms with Gasteiger partial charge in [0.15, 0.2) is 0 Å². The lowest BCUT2D eigenvalue weighted by molar-refractivity contribution is 0.101. The molecule has 1 fully saturated rings. The van der Waals surface area contributed by atoms with Crippen LogP contribution in [0.1, 0.15) is 50.7 Å². The molecule has 1 atom stereocenters. The molecule has 2 aromatic rings. The minimum absolute atomic E-state index is 0.106. The Hall–Kier alpha value is -0.800. The minimum Gasteiger partial charge on any atom is -0.326 e. The highest BCUT2D eigenvalue weighted by molar-refractivity contribution is 6.31. The molecular weight excluding hydrogens is 310 g/mol. The largest absolute Gasteiger partial charge is 0.326 e. The molecule has 2 nitrogen and oxygen atoms in total. The van der Waals surface area contributed by atoms with Gasteiger partial charge in [-0.3, -0.25) is 0 Å². The van der Waals surface area contributed by atoms with Crippen LogP contribution in [0.25, 0.3) is 11.0 Å². The zero-order chi connectivity index (χ0) is 15.2. The van der Waals surface area contributed by atoms with E-state index in [9.17, 15) is 4.39 Å². The molecule has 0 saturated heterocycles. The Morgan fingerprint density at radius 3 is 2.67 bits per heavy atom. The van der Waals surface area contributed by atoms with Crippen LogP contribution in [0, 0.1) is 11.2 Å². The molecule has 1 unspecified atom stereocenters. The molecule has 5 heteroatoms. The first-order valence-corrected chi connectivity index (χ1v) is 8.26. The summed E-state index contributed by atoms with van der Waals surface area (Å²) in [5.41, 5.74) is 1.82. The Kier molecular flexibility index (Phi) is 3.91. The van der Waals surface area contributed by atoms with E-state index in [-0.39, 0.29) is 10.4 Å². The number of imidazole rings is 1. The average molecular weight is 329 g/mol. The van der Waals surface area contributed by atoms with Crippen LogP contribution in [0.3, 0.4) is 0 Å². The molecule has 1 heterocycles. The second kappa shape index (κ2) is 5.44. The SMILES string of the molecule is CCC1(Cn2c(C(C)Cl)nc3cc(Cl)c(F)cc32)CCC1. The van der Waals surface area contributed by atoms with E-state index in [1.807, 2.05) is 6.92 Å². The van der Waals surface area contributed by atoms with Crippen molar-refractivity contribution in [3.63, 3.8) is 0 Å². The summed E-state index contributed by atoms with van der Waals surface area (Å²) in [6, 6.07) is 3.07. The summed E-state index contributed by atoms with van der Waals surface area (Å²) >= 11 is 12.2. The molecule has 1 aliphatic carbocycles. The van der Waals surface area contributed by atoms with E-state index in [2.05, 4.69) is 16.5 Å². The van der Waals surface area contributed by atoms with Gasteiger partial charge in [-0.1, -0.05) is 24.9 Å². The topological polar surface area (TPSA) is 17.8 Å².